The average Bonchev–Trinajstić information content (AvgIpc) is 2.72. The van der Waals surface area contributed by atoms with Gasteiger partial charge in [0.15, 0.2) is 0 Å². The van der Waals surface area contributed by atoms with E-state index in [4.69, 9.17) is 4.74 Å². The minimum Gasteiger partial charge on any atom is -0.491 e. The van der Waals surface area contributed by atoms with Crippen LogP contribution in [0.4, 0.5) is 0 Å². The molecule has 23 heavy (non-hydrogen) atoms. The van der Waals surface area contributed by atoms with Crippen molar-refractivity contribution in [2.45, 2.75) is 39.7 Å². The van der Waals surface area contributed by atoms with Crippen LogP contribution in [0.15, 0.2) is 24.3 Å². The van der Waals surface area contributed by atoms with Gasteiger partial charge in [-0.1, -0.05) is 12.1 Å². The molecule has 1 aromatic rings. The van der Waals surface area contributed by atoms with E-state index < -0.39 is 0 Å². The van der Waals surface area contributed by atoms with Crippen molar-refractivity contribution < 1.29 is 14.3 Å². The Labute approximate surface area is 138 Å². The minimum atomic E-state index is 0.0813. The molecule has 5 heteroatoms. The molecule has 0 aliphatic carbocycles. The molecule has 1 fully saturated rings. The first-order valence-electron chi connectivity index (χ1n) is 8.24. The first-order chi connectivity index (χ1) is 11.0. The summed E-state index contributed by atoms with van der Waals surface area (Å²) in [5.41, 5.74) is 0.959. The molecule has 2 amide bonds. The molecule has 0 bridgehead atoms. The van der Waals surface area contributed by atoms with Gasteiger partial charge in [0.05, 0.1) is 12.5 Å². The maximum absolute atomic E-state index is 12.5. The van der Waals surface area contributed by atoms with Gasteiger partial charge in [0.1, 0.15) is 5.75 Å². The first-order valence-corrected chi connectivity index (χ1v) is 8.24. The van der Waals surface area contributed by atoms with E-state index in [1.807, 2.05) is 47.9 Å². The Hall–Kier alpha value is -2.04. The lowest BCUT2D eigenvalue weighted by atomic mass is 10.1. The zero-order chi connectivity index (χ0) is 16.8. The Balaban J connectivity index is 1.95. The highest BCUT2D eigenvalue weighted by atomic mass is 16.5. The predicted octanol–water partition coefficient (Wildman–Crippen LogP) is 2.10. The molecule has 1 heterocycles. The second kappa shape index (κ2) is 7.99. The highest BCUT2D eigenvalue weighted by Crippen LogP contribution is 2.16. The summed E-state index contributed by atoms with van der Waals surface area (Å²) in [6.07, 6.45) is 1.32. The van der Waals surface area contributed by atoms with Crippen molar-refractivity contribution in [2.24, 2.45) is 0 Å². The van der Waals surface area contributed by atoms with Crippen LogP contribution in [-0.2, 0) is 16.0 Å². The fraction of sp³-hybridized carbons (Fsp3) is 0.556. The van der Waals surface area contributed by atoms with Crippen LogP contribution >= 0.6 is 0 Å². The fourth-order valence-corrected chi connectivity index (χ4v) is 2.77. The minimum absolute atomic E-state index is 0.0813. The predicted molar refractivity (Wildman–Crippen MR) is 89.4 cm³/mol. The van der Waals surface area contributed by atoms with Crippen LogP contribution < -0.4 is 4.74 Å². The third-order valence-corrected chi connectivity index (χ3v) is 3.92. The molecule has 0 atom stereocenters. The van der Waals surface area contributed by atoms with Gasteiger partial charge in [-0.3, -0.25) is 9.59 Å². The molecule has 0 unspecified atom stereocenters. The summed E-state index contributed by atoms with van der Waals surface area (Å²) in [5, 5.41) is 0. The van der Waals surface area contributed by atoms with Crippen LogP contribution in [0.2, 0.25) is 0 Å². The van der Waals surface area contributed by atoms with E-state index in [1.54, 1.807) is 6.92 Å². The monoisotopic (exact) mass is 318 g/mol. The van der Waals surface area contributed by atoms with E-state index in [-0.39, 0.29) is 17.9 Å². The number of hydrogen-bond acceptors (Lipinski definition) is 3. The lowest BCUT2D eigenvalue weighted by Gasteiger charge is -2.21. The first kappa shape index (κ1) is 17.3. The van der Waals surface area contributed by atoms with Gasteiger partial charge in [0.2, 0.25) is 11.8 Å². The van der Waals surface area contributed by atoms with E-state index in [9.17, 15) is 9.59 Å². The molecular weight excluding hydrogens is 292 g/mol. The molecule has 5 nitrogen and oxygen atoms in total. The lowest BCUT2D eigenvalue weighted by molar-refractivity contribution is -0.132. The number of benzene rings is 1. The Kier molecular flexibility index (Phi) is 6.02. The van der Waals surface area contributed by atoms with Gasteiger partial charge in [0, 0.05) is 33.1 Å². The molecule has 0 spiro atoms. The SMILES string of the molecule is CC(=O)N1CCCN(C(=O)Cc2cccc(OC(C)C)c2)CC1. The van der Waals surface area contributed by atoms with Crippen molar-refractivity contribution in [2.75, 3.05) is 26.2 Å². The normalized spacial score (nSPS) is 15.5. The molecule has 0 N–H and O–H groups in total. The topological polar surface area (TPSA) is 49.9 Å². The lowest BCUT2D eigenvalue weighted by Crippen LogP contribution is -2.37. The Morgan fingerprint density at radius 1 is 1.13 bits per heavy atom. The molecule has 1 aromatic carbocycles. The standard InChI is InChI=1S/C18H26N2O3/c1-14(2)23-17-7-4-6-16(12-17)13-18(22)20-9-5-8-19(10-11-20)15(3)21/h4,6-7,12,14H,5,8-11,13H2,1-3H3. The number of carbonyl (C=O) groups is 2. The van der Waals surface area contributed by atoms with Crippen molar-refractivity contribution >= 4 is 11.8 Å². The number of ether oxygens (including phenoxy) is 1. The van der Waals surface area contributed by atoms with Gasteiger partial charge in [-0.15, -0.1) is 0 Å². The van der Waals surface area contributed by atoms with Crippen molar-refractivity contribution in [1.82, 2.24) is 9.80 Å². The quantitative estimate of drug-likeness (QED) is 0.854. The van der Waals surface area contributed by atoms with Gasteiger partial charge in [-0.25, -0.2) is 0 Å². The summed E-state index contributed by atoms with van der Waals surface area (Å²) in [6.45, 7) is 8.23. The zero-order valence-corrected chi connectivity index (χ0v) is 14.2. The molecule has 0 radical (unpaired) electrons. The zero-order valence-electron chi connectivity index (χ0n) is 14.2. The summed E-state index contributed by atoms with van der Waals surface area (Å²) < 4.78 is 5.67. The number of carbonyl (C=O) groups excluding carboxylic acids is 2. The summed E-state index contributed by atoms with van der Waals surface area (Å²) in [4.78, 5) is 27.6. The van der Waals surface area contributed by atoms with Crippen LogP contribution in [0.1, 0.15) is 32.8 Å². The molecular formula is C18H26N2O3. The summed E-state index contributed by atoms with van der Waals surface area (Å²) in [7, 11) is 0. The fourth-order valence-electron chi connectivity index (χ4n) is 2.77. The number of nitrogens with zero attached hydrogens (tertiary/aromatic N) is 2. The second-order valence-electron chi connectivity index (χ2n) is 6.23. The highest BCUT2D eigenvalue weighted by Gasteiger charge is 2.20. The second-order valence-corrected chi connectivity index (χ2v) is 6.23. The molecule has 1 aliphatic rings. The Morgan fingerprint density at radius 2 is 1.83 bits per heavy atom. The van der Waals surface area contributed by atoms with Gasteiger partial charge < -0.3 is 14.5 Å². The van der Waals surface area contributed by atoms with Gasteiger partial charge >= 0.3 is 0 Å². The van der Waals surface area contributed by atoms with Crippen LogP contribution in [0.3, 0.4) is 0 Å². The van der Waals surface area contributed by atoms with E-state index >= 15 is 0 Å². The third-order valence-electron chi connectivity index (χ3n) is 3.92. The maximum Gasteiger partial charge on any atom is 0.227 e. The van der Waals surface area contributed by atoms with E-state index in [0.717, 1.165) is 24.3 Å². The Bertz CT molecular complexity index is 557. The highest BCUT2D eigenvalue weighted by molar-refractivity contribution is 5.79. The molecule has 0 aromatic heterocycles. The molecule has 126 valence electrons. The van der Waals surface area contributed by atoms with Gasteiger partial charge in [-0.05, 0) is 38.0 Å². The molecule has 1 aliphatic heterocycles. The van der Waals surface area contributed by atoms with Crippen LogP contribution in [0.5, 0.6) is 5.75 Å². The van der Waals surface area contributed by atoms with Crippen LogP contribution in [0.25, 0.3) is 0 Å². The number of hydrogen-bond donors (Lipinski definition) is 0. The summed E-state index contributed by atoms with van der Waals surface area (Å²) >= 11 is 0. The molecule has 0 saturated carbocycles. The van der Waals surface area contributed by atoms with Crippen LogP contribution in [0, 0.1) is 0 Å². The summed E-state index contributed by atoms with van der Waals surface area (Å²) in [5.74, 6) is 0.985. The largest absolute Gasteiger partial charge is 0.491 e. The number of amides is 2. The van der Waals surface area contributed by atoms with Crippen molar-refractivity contribution in [3.63, 3.8) is 0 Å². The average molecular weight is 318 g/mol. The van der Waals surface area contributed by atoms with Crippen LogP contribution in [-0.4, -0.2) is 53.9 Å². The maximum atomic E-state index is 12.5. The summed E-state index contributed by atoms with van der Waals surface area (Å²) in [6, 6.07) is 7.70. The van der Waals surface area contributed by atoms with E-state index in [1.165, 1.54) is 0 Å². The van der Waals surface area contributed by atoms with Crippen molar-refractivity contribution in [1.29, 1.82) is 0 Å². The van der Waals surface area contributed by atoms with E-state index in [0.29, 0.717) is 26.1 Å². The van der Waals surface area contributed by atoms with Crippen molar-refractivity contribution in [3.05, 3.63) is 29.8 Å². The number of rotatable bonds is 4. The van der Waals surface area contributed by atoms with E-state index in [2.05, 4.69) is 0 Å². The third kappa shape index (κ3) is 5.27. The van der Waals surface area contributed by atoms with Gasteiger partial charge in [0.25, 0.3) is 0 Å². The Morgan fingerprint density at radius 3 is 2.52 bits per heavy atom. The van der Waals surface area contributed by atoms with Crippen molar-refractivity contribution in [3.8, 4) is 5.75 Å². The molecule has 1 saturated heterocycles. The smallest absolute Gasteiger partial charge is 0.227 e. The molecule has 2 rings (SSSR count). The van der Waals surface area contributed by atoms with Gasteiger partial charge in [-0.2, -0.15) is 0 Å².